The Morgan fingerprint density at radius 3 is 2.85 bits per heavy atom. The molecule has 0 amide bonds. The number of rotatable bonds is 5. The van der Waals surface area contributed by atoms with Crippen LogP contribution in [-0.2, 0) is 16.0 Å². The van der Waals surface area contributed by atoms with Crippen LogP contribution in [-0.4, -0.2) is 44.4 Å². The molecule has 0 unspecified atom stereocenters. The molecule has 1 fully saturated rings. The van der Waals surface area contributed by atoms with Crippen molar-refractivity contribution in [1.82, 2.24) is 14.4 Å². The summed E-state index contributed by atoms with van der Waals surface area (Å²) in [6.45, 7) is 0.489. The van der Waals surface area contributed by atoms with Crippen molar-refractivity contribution in [2.45, 2.75) is 5.75 Å². The predicted molar refractivity (Wildman–Crippen MR) is 83.5 cm³/mol. The molecule has 0 spiro atoms. The first kappa shape index (κ1) is 15.1. The van der Waals surface area contributed by atoms with Gasteiger partial charge in [0.2, 0.25) is 0 Å². The first-order chi connectivity index (χ1) is 9.50. The molecule has 110 valence electrons. The number of nitrogen functional groups attached to an aromatic ring is 1. The van der Waals surface area contributed by atoms with Crippen molar-refractivity contribution in [3.05, 3.63) is 11.1 Å². The molecule has 1 aliphatic heterocycles. The van der Waals surface area contributed by atoms with Gasteiger partial charge in [0.15, 0.2) is 16.8 Å². The first-order valence-corrected chi connectivity index (χ1v) is 9.12. The number of aromatic nitrogens is 1. The van der Waals surface area contributed by atoms with E-state index in [9.17, 15) is 8.42 Å². The predicted octanol–water partition coefficient (Wildman–Crippen LogP) is -0.177. The summed E-state index contributed by atoms with van der Waals surface area (Å²) in [4.78, 5) is 12.1. The van der Waals surface area contributed by atoms with Crippen LogP contribution in [0.25, 0.3) is 0 Å². The van der Waals surface area contributed by atoms with E-state index in [1.54, 1.807) is 11.8 Å². The molecule has 8 nitrogen and oxygen atoms in total. The van der Waals surface area contributed by atoms with Gasteiger partial charge in [-0.2, -0.15) is 20.2 Å². The van der Waals surface area contributed by atoms with Gasteiger partial charge in [0.05, 0.1) is 12.2 Å². The summed E-state index contributed by atoms with van der Waals surface area (Å²) < 4.78 is 27.1. The number of nitrogens with zero attached hydrogens (tertiary/aromatic N) is 3. The second-order valence-electron chi connectivity index (χ2n) is 3.74. The highest BCUT2D eigenvalue weighted by molar-refractivity contribution is 7.98. The lowest BCUT2D eigenvalue weighted by Gasteiger charge is -1.98. The highest BCUT2D eigenvalue weighted by atomic mass is 32.2. The zero-order valence-corrected chi connectivity index (χ0v) is 13.1. The van der Waals surface area contributed by atoms with Gasteiger partial charge in [0, 0.05) is 23.9 Å². The number of nitrogens with one attached hydrogen (secondary N) is 2. The summed E-state index contributed by atoms with van der Waals surface area (Å²) in [6.07, 6.45) is 0. The summed E-state index contributed by atoms with van der Waals surface area (Å²) in [6, 6.07) is 0. The van der Waals surface area contributed by atoms with E-state index in [4.69, 9.17) is 5.73 Å². The van der Waals surface area contributed by atoms with E-state index < -0.39 is 10.2 Å². The van der Waals surface area contributed by atoms with Crippen LogP contribution in [0.1, 0.15) is 5.69 Å². The molecule has 1 aromatic rings. The SMILES string of the molecule is CN=C1NS(=O)(=O)NC1=NCCSCc1csc(N)n1. The van der Waals surface area contributed by atoms with E-state index in [2.05, 4.69) is 24.4 Å². The van der Waals surface area contributed by atoms with Gasteiger partial charge in [-0.1, -0.05) is 0 Å². The van der Waals surface area contributed by atoms with Crippen molar-refractivity contribution in [3.8, 4) is 0 Å². The maximum absolute atomic E-state index is 11.3. The summed E-state index contributed by atoms with van der Waals surface area (Å²) in [5, 5.41) is 2.49. The molecule has 0 atom stereocenters. The Bertz CT molecular complexity index is 636. The molecule has 1 aliphatic rings. The Kier molecular flexibility index (Phi) is 4.83. The molecule has 1 aromatic heterocycles. The first-order valence-electron chi connectivity index (χ1n) is 5.60. The van der Waals surface area contributed by atoms with Crippen molar-refractivity contribution in [1.29, 1.82) is 0 Å². The minimum atomic E-state index is -3.53. The maximum atomic E-state index is 11.3. The summed E-state index contributed by atoms with van der Waals surface area (Å²) in [7, 11) is -2.03. The van der Waals surface area contributed by atoms with Crippen LogP contribution in [0.5, 0.6) is 0 Å². The highest BCUT2D eigenvalue weighted by Crippen LogP contribution is 2.16. The molecular formula is C9H14N6O2S3. The minimum absolute atomic E-state index is 0.238. The normalized spacial score (nSPS) is 21.1. The van der Waals surface area contributed by atoms with Crippen LogP contribution in [0.4, 0.5) is 5.13 Å². The molecule has 1 saturated heterocycles. The van der Waals surface area contributed by atoms with E-state index in [0.29, 0.717) is 11.7 Å². The molecule has 2 heterocycles. The minimum Gasteiger partial charge on any atom is -0.375 e. The number of amidine groups is 2. The Labute approximate surface area is 125 Å². The molecule has 11 heteroatoms. The molecule has 0 bridgehead atoms. The second-order valence-corrected chi connectivity index (χ2v) is 7.15. The van der Waals surface area contributed by atoms with Crippen LogP contribution < -0.4 is 15.2 Å². The van der Waals surface area contributed by atoms with Crippen molar-refractivity contribution in [3.63, 3.8) is 0 Å². The monoisotopic (exact) mass is 334 g/mol. The lowest BCUT2D eigenvalue weighted by molar-refractivity contribution is 0.591. The van der Waals surface area contributed by atoms with Crippen molar-refractivity contribution < 1.29 is 8.42 Å². The van der Waals surface area contributed by atoms with Crippen molar-refractivity contribution in [2.75, 3.05) is 25.1 Å². The van der Waals surface area contributed by atoms with Gasteiger partial charge >= 0.3 is 10.2 Å². The van der Waals surface area contributed by atoms with Crippen LogP contribution >= 0.6 is 23.1 Å². The van der Waals surface area contributed by atoms with E-state index in [1.165, 1.54) is 18.4 Å². The second kappa shape index (κ2) is 6.41. The van der Waals surface area contributed by atoms with Gasteiger partial charge in [-0.3, -0.25) is 9.98 Å². The van der Waals surface area contributed by atoms with Crippen molar-refractivity contribution in [2.24, 2.45) is 9.98 Å². The summed E-state index contributed by atoms with van der Waals surface area (Å²) in [5.74, 6) is 2.00. The third-order valence-corrected chi connectivity index (χ3v) is 4.85. The largest absolute Gasteiger partial charge is 0.375 e. The molecule has 2 rings (SSSR count). The van der Waals surface area contributed by atoms with Gasteiger partial charge in [-0.15, -0.1) is 11.3 Å². The third kappa shape index (κ3) is 4.08. The number of nitrogens with two attached hydrogens (primary N) is 1. The van der Waals surface area contributed by atoms with E-state index >= 15 is 0 Å². The Morgan fingerprint density at radius 1 is 1.45 bits per heavy atom. The average Bonchev–Trinajstić information content (AvgIpc) is 2.92. The van der Waals surface area contributed by atoms with Gasteiger partial charge in [0.1, 0.15) is 0 Å². The molecule has 0 radical (unpaired) electrons. The van der Waals surface area contributed by atoms with E-state index in [1.807, 2.05) is 5.38 Å². The average molecular weight is 334 g/mol. The fraction of sp³-hybridized carbons (Fsp3) is 0.444. The van der Waals surface area contributed by atoms with Gasteiger partial charge in [-0.25, -0.2) is 14.4 Å². The molecule has 20 heavy (non-hydrogen) atoms. The standard InChI is InChI=1S/C9H14N6O2S3/c1-11-7-8(15-20(16,17)14-7)12-2-3-18-4-6-5-19-9(10)13-6/h5H,2-4H2,1H3,(H2,10,13)(H,11,14)(H,12,15). The lowest BCUT2D eigenvalue weighted by atomic mass is 10.5. The Hall–Kier alpha value is -1.33. The zero-order chi connectivity index (χ0) is 14.6. The van der Waals surface area contributed by atoms with Gasteiger partial charge in [0.25, 0.3) is 0 Å². The number of hydrogen-bond donors (Lipinski definition) is 3. The smallest absolute Gasteiger partial charge is 0.324 e. The van der Waals surface area contributed by atoms with Gasteiger partial charge in [-0.05, 0) is 0 Å². The molecule has 0 aliphatic carbocycles. The van der Waals surface area contributed by atoms with E-state index in [-0.39, 0.29) is 11.7 Å². The number of thiazole rings is 1. The molecular weight excluding hydrogens is 320 g/mol. The number of aliphatic imine (C=N–C) groups is 2. The maximum Gasteiger partial charge on any atom is 0.324 e. The molecule has 0 saturated carbocycles. The number of thioether (sulfide) groups is 1. The van der Waals surface area contributed by atoms with Crippen molar-refractivity contribution >= 4 is 50.1 Å². The summed E-state index contributed by atoms with van der Waals surface area (Å²) >= 11 is 3.07. The zero-order valence-electron chi connectivity index (χ0n) is 10.7. The van der Waals surface area contributed by atoms with Crippen LogP contribution in [0.15, 0.2) is 15.4 Å². The van der Waals surface area contributed by atoms with Crippen LogP contribution in [0.2, 0.25) is 0 Å². The molecule has 4 N–H and O–H groups in total. The fourth-order valence-corrected chi connectivity index (χ4v) is 3.72. The quantitative estimate of drug-likeness (QED) is 0.645. The fourth-order valence-electron chi connectivity index (χ4n) is 1.42. The van der Waals surface area contributed by atoms with Gasteiger partial charge < -0.3 is 5.73 Å². The molecule has 0 aromatic carbocycles. The van der Waals surface area contributed by atoms with E-state index in [0.717, 1.165) is 17.2 Å². The summed E-state index contributed by atoms with van der Waals surface area (Å²) in [5.41, 5.74) is 6.49. The third-order valence-electron chi connectivity index (χ3n) is 2.23. The Balaban J connectivity index is 1.79. The lowest BCUT2D eigenvalue weighted by Crippen LogP contribution is -2.24. The topological polar surface area (TPSA) is 122 Å². The number of anilines is 1. The number of hydrogen-bond acceptors (Lipinski definition) is 8. The Morgan fingerprint density at radius 2 is 2.20 bits per heavy atom. The van der Waals surface area contributed by atoms with Crippen LogP contribution in [0, 0.1) is 0 Å². The van der Waals surface area contributed by atoms with Crippen LogP contribution in [0.3, 0.4) is 0 Å². The highest BCUT2D eigenvalue weighted by Gasteiger charge is 2.27.